The van der Waals surface area contributed by atoms with Gasteiger partial charge in [-0.2, -0.15) is 0 Å². The Labute approximate surface area is 77.5 Å². The van der Waals surface area contributed by atoms with Crippen LogP contribution in [-0.4, -0.2) is 12.4 Å². The highest BCUT2D eigenvalue weighted by Crippen LogP contribution is 2.35. The van der Waals surface area contributed by atoms with Crippen LogP contribution in [0.4, 0.5) is 0 Å². The van der Waals surface area contributed by atoms with Crippen molar-refractivity contribution in [3.63, 3.8) is 0 Å². The van der Waals surface area contributed by atoms with Crippen LogP contribution in [0.2, 0.25) is 0 Å². The van der Waals surface area contributed by atoms with Crippen molar-refractivity contribution in [2.75, 3.05) is 6.61 Å². The van der Waals surface area contributed by atoms with Crippen molar-refractivity contribution in [3.8, 4) is 5.75 Å². The second-order valence-corrected chi connectivity index (χ2v) is 3.45. The first-order valence-corrected chi connectivity index (χ1v) is 4.48. The molecule has 1 heterocycles. The Morgan fingerprint density at radius 1 is 1.54 bits per heavy atom. The minimum absolute atomic E-state index is 0.227. The van der Waals surface area contributed by atoms with Crippen molar-refractivity contribution >= 4 is 5.78 Å². The summed E-state index contributed by atoms with van der Waals surface area (Å²) < 4.78 is 5.46. The molecule has 1 aliphatic heterocycles. The molecule has 13 heavy (non-hydrogen) atoms. The molecule has 1 aromatic rings. The molecular formula is C11H12O2. The summed E-state index contributed by atoms with van der Waals surface area (Å²) >= 11 is 0. The fraction of sp³-hybridized carbons (Fsp3) is 0.364. The van der Waals surface area contributed by atoms with Gasteiger partial charge < -0.3 is 9.53 Å². The molecule has 1 atom stereocenters. The van der Waals surface area contributed by atoms with E-state index in [1.807, 2.05) is 24.3 Å². The molecule has 0 saturated carbocycles. The lowest BCUT2D eigenvalue weighted by molar-refractivity contribution is -0.117. The monoisotopic (exact) mass is 176 g/mol. The van der Waals surface area contributed by atoms with Crippen LogP contribution < -0.4 is 4.74 Å². The number of ketones is 1. The Morgan fingerprint density at radius 3 is 3.08 bits per heavy atom. The zero-order chi connectivity index (χ0) is 9.26. The lowest BCUT2D eigenvalue weighted by Crippen LogP contribution is -2.05. The lowest BCUT2D eigenvalue weighted by atomic mass is 9.96. The molecule has 0 spiro atoms. The molecule has 0 aromatic heterocycles. The van der Waals surface area contributed by atoms with Crippen LogP contribution in [0.3, 0.4) is 0 Å². The van der Waals surface area contributed by atoms with E-state index in [2.05, 4.69) is 0 Å². The van der Waals surface area contributed by atoms with Crippen LogP contribution in [0.1, 0.15) is 24.8 Å². The zero-order valence-electron chi connectivity index (χ0n) is 7.62. The van der Waals surface area contributed by atoms with Gasteiger partial charge in [-0.1, -0.05) is 18.2 Å². The van der Waals surface area contributed by atoms with Gasteiger partial charge in [-0.05, 0) is 13.0 Å². The summed E-state index contributed by atoms with van der Waals surface area (Å²) in [5.74, 6) is 1.44. The van der Waals surface area contributed by atoms with Gasteiger partial charge in [0.2, 0.25) is 0 Å². The lowest BCUT2D eigenvalue weighted by Gasteiger charge is -2.04. The largest absolute Gasteiger partial charge is 0.493 e. The Hall–Kier alpha value is -1.31. The van der Waals surface area contributed by atoms with Gasteiger partial charge in [0.15, 0.2) is 0 Å². The third kappa shape index (κ3) is 1.57. The van der Waals surface area contributed by atoms with Crippen molar-refractivity contribution in [2.24, 2.45) is 0 Å². The van der Waals surface area contributed by atoms with E-state index in [1.165, 1.54) is 5.56 Å². The summed E-state index contributed by atoms with van der Waals surface area (Å²) in [6.07, 6.45) is 0.594. The number of ether oxygens (including phenoxy) is 1. The van der Waals surface area contributed by atoms with E-state index in [9.17, 15) is 4.79 Å². The number of fused-ring (bicyclic) bond motifs is 1. The average molecular weight is 176 g/mol. The molecule has 2 nitrogen and oxygen atoms in total. The highest BCUT2D eigenvalue weighted by molar-refractivity contribution is 5.76. The summed E-state index contributed by atoms with van der Waals surface area (Å²) in [6.45, 7) is 2.28. The topological polar surface area (TPSA) is 26.3 Å². The van der Waals surface area contributed by atoms with Gasteiger partial charge in [0, 0.05) is 17.9 Å². The molecule has 2 rings (SSSR count). The van der Waals surface area contributed by atoms with E-state index < -0.39 is 0 Å². The van der Waals surface area contributed by atoms with E-state index >= 15 is 0 Å². The molecule has 0 radical (unpaired) electrons. The van der Waals surface area contributed by atoms with E-state index in [0.717, 1.165) is 5.75 Å². The van der Waals surface area contributed by atoms with Gasteiger partial charge in [0.25, 0.3) is 0 Å². The van der Waals surface area contributed by atoms with E-state index in [-0.39, 0.29) is 11.7 Å². The van der Waals surface area contributed by atoms with Crippen molar-refractivity contribution in [3.05, 3.63) is 29.8 Å². The summed E-state index contributed by atoms with van der Waals surface area (Å²) in [7, 11) is 0. The van der Waals surface area contributed by atoms with Crippen LogP contribution >= 0.6 is 0 Å². The summed E-state index contributed by atoms with van der Waals surface area (Å²) in [4.78, 5) is 11.0. The maximum Gasteiger partial charge on any atom is 0.130 e. The maximum absolute atomic E-state index is 11.0. The van der Waals surface area contributed by atoms with Crippen LogP contribution in [0.15, 0.2) is 24.3 Å². The molecule has 1 aromatic carbocycles. The molecule has 0 amide bonds. The smallest absolute Gasteiger partial charge is 0.130 e. The number of para-hydroxylation sites is 1. The molecule has 0 bridgehead atoms. The predicted octanol–water partition coefficient (Wildman–Crippen LogP) is 2.14. The molecule has 1 unspecified atom stereocenters. The van der Waals surface area contributed by atoms with E-state index in [0.29, 0.717) is 13.0 Å². The summed E-state index contributed by atoms with van der Waals surface area (Å²) in [5, 5.41) is 0. The Balaban J connectivity index is 2.23. The normalized spacial score (nSPS) is 19.3. The van der Waals surface area contributed by atoms with Gasteiger partial charge in [0.1, 0.15) is 11.5 Å². The molecule has 2 heteroatoms. The Morgan fingerprint density at radius 2 is 2.31 bits per heavy atom. The summed E-state index contributed by atoms with van der Waals surface area (Å²) in [5.41, 5.74) is 1.18. The molecule has 0 N–H and O–H groups in total. The van der Waals surface area contributed by atoms with Crippen LogP contribution in [0.5, 0.6) is 5.75 Å². The minimum atomic E-state index is 0.227. The van der Waals surface area contributed by atoms with E-state index in [1.54, 1.807) is 6.92 Å². The van der Waals surface area contributed by atoms with Crippen molar-refractivity contribution < 1.29 is 9.53 Å². The highest BCUT2D eigenvalue weighted by atomic mass is 16.5. The Kier molecular flexibility index (Phi) is 2.05. The molecule has 1 aliphatic rings. The Bertz CT molecular complexity index is 331. The fourth-order valence-electron chi connectivity index (χ4n) is 1.75. The summed E-state index contributed by atoms with van der Waals surface area (Å²) in [6, 6.07) is 7.93. The zero-order valence-corrected chi connectivity index (χ0v) is 7.62. The average Bonchev–Trinajstić information content (AvgIpc) is 2.48. The molecule has 68 valence electrons. The molecular weight excluding hydrogens is 164 g/mol. The minimum Gasteiger partial charge on any atom is -0.493 e. The number of hydrogen-bond acceptors (Lipinski definition) is 2. The van der Waals surface area contributed by atoms with Crippen molar-refractivity contribution in [1.29, 1.82) is 0 Å². The van der Waals surface area contributed by atoms with Gasteiger partial charge in [-0.3, -0.25) is 0 Å². The SMILES string of the molecule is CC(=O)CC1COc2ccccc21. The third-order valence-electron chi connectivity index (χ3n) is 2.33. The second kappa shape index (κ2) is 3.21. The number of rotatable bonds is 2. The highest BCUT2D eigenvalue weighted by Gasteiger charge is 2.24. The maximum atomic E-state index is 11.0. The van der Waals surface area contributed by atoms with Crippen LogP contribution in [0, 0.1) is 0 Å². The quantitative estimate of drug-likeness (QED) is 0.690. The van der Waals surface area contributed by atoms with Crippen LogP contribution in [0.25, 0.3) is 0 Å². The number of hydrogen-bond donors (Lipinski definition) is 0. The van der Waals surface area contributed by atoms with E-state index in [4.69, 9.17) is 4.74 Å². The fourth-order valence-corrected chi connectivity index (χ4v) is 1.75. The first kappa shape index (κ1) is 8.30. The molecule has 0 aliphatic carbocycles. The van der Waals surface area contributed by atoms with Crippen molar-refractivity contribution in [2.45, 2.75) is 19.3 Å². The van der Waals surface area contributed by atoms with Gasteiger partial charge in [-0.25, -0.2) is 0 Å². The second-order valence-electron chi connectivity index (χ2n) is 3.45. The van der Waals surface area contributed by atoms with Gasteiger partial charge >= 0.3 is 0 Å². The van der Waals surface area contributed by atoms with Gasteiger partial charge in [-0.15, -0.1) is 0 Å². The van der Waals surface area contributed by atoms with Crippen molar-refractivity contribution in [1.82, 2.24) is 0 Å². The first-order chi connectivity index (χ1) is 6.27. The van der Waals surface area contributed by atoms with Crippen LogP contribution in [-0.2, 0) is 4.79 Å². The molecule has 0 fully saturated rings. The molecule has 0 saturated heterocycles. The predicted molar refractivity (Wildman–Crippen MR) is 50.0 cm³/mol. The van der Waals surface area contributed by atoms with Gasteiger partial charge in [0.05, 0.1) is 6.61 Å². The standard InChI is InChI=1S/C11H12O2/c1-8(12)6-9-7-13-11-5-3-2-4-10(9)11/h2-5,9H,6-7H2,1H3. The number of carbonyl (C=O) groups excluding carboxylic acids is 1. The number of benzene rings is 1. The number of Topliss-reactive ketones (excluding diaryl/α,β-unsaturated/α-hetero) is 1. The number of carbonyl (C=O) groups is 1. The first-order valence-electron chi connectivity index (χ1n) is 4.48. The third-order valence-corrected chi connectivity index (χ3v) is 2.33.